The number of nitrogens with two attached hydrogens (primary N) is 1. The largest absolute Gasteiger partial charge is 0.279 e. The van der Waals surface area contributed by atoms with Gasteiger partial charge in [-0.05, 0) is 49.2 Å². The van der Waals surface area contributed by atoms with Crippen molar-refractivity contribution < 1.29 is 18.0 Å². The van der Waals surface area contributed by atoms with Crippen LogP contribution >= 0.6 is 0 Å². The molecule has 3 rings (SSSR count). The number of rotatable bonds is 7. The highest BCUT2D eigenvalue weighted by molar-refractivity contribution is 7.89. The molecule has 0 unspecified atom stereocenters. The quantitative estimate of drug-likeness (QED) is 0.325. The Morgan fingerprint density at radius 1 is 1.00 bits per heavy atom. The van der Waals surface area contributed by atoms with Crippen LogP contribution in [-0.2, 0) is 10.0 Å². The Bertz CT molecular complexity index is 965. The molecule has 3 N–H and O–H groups in total. The van der Waals surface area contributed by atoms with Crippen molar-refractivity contribution >= 4 is 33.7 Å². The van der Waals surface area contributed by atoms with Crippen LogP contribution in [0.4, 0.5) is 5.69 Å². The van der Waals surface area contributed by atoms with Crippen molar-refractivity contribution in [2.24, 2.45) is 10.2 Å². The molecule has 0 saturated heterocycles. The summed E-state index contributed by atoms with van der Waals surface area (Å²) in [6, 6.07) is 12.7. The lowest BCUT2D eigenvalue weighted by molar-refractivity contribution is 0.0653. The zero-order valence-corrected chi connectivity index (χ0v) is 15.1. The lowest BCUT2D eigenvalue weighted by Gasteiger charge is -2.12. The van der Waals surface area contributed by atoms with Crippen LogP contribution in [0.2, 0.25) is 0 Å². The molecule has 2 aromatic rings. The van der Waals surface area contributed by atoms with Gasteiger partial charge in [0.05, 0.1) is 21.7 Å². The van der Waals surface area contributed by atoms with E-state index in [9.17, 15) is 18.0 Å². The summed E-state index contributed by atoms with van der Waals surface area (Å²) < 4.78 is 22.4. The topological polar surface area (TPSA) is 122 Å². The molecule has 0 saturated carbocycles. The Hall–Kier alpha value is -3.04. The predicted octanol–water partition coefficient (Wildman–Crippen LogP) is 1.81. The van der Waals surface area contributed by atoms with Crippen molar-refractivity contribution in [1.82, 2.24) is 4.90 Å². The molecular formula is C18H18N4O4S. The van der Waals surface area contributed by atoms with Crippen molar-refractivity contribution in [2.75, 3.05) is 12.0 Å². The summed E-state index contributed by atoms with van der Waals surface area (Å²) in [5.74, 6) is -0.527. The van der Waals surface area contributed by atoms with Crippen LogP contribution < -0.4 is 10.6 Å². The number of primary sulfonamides is 1. The first-order valence-corrected chi connectivity index (χ1v) is 9.78. The van der Waals surface area contributed by atoms with Gasteiger partial charge in [0.15, 0.2) is 0 Å². The lowest BCUT2D eigenvalue weighted by atomic mass is 10.1. The standard InChI is InChI=1S/C18H18N4O4S/c19-27(25,26)14-9-7-13(8-10-14)21-20-11-3-4-12-22-17(23)15-5-1-2-6-16(15)18(22)24/h1-2,5-11,21H,3-4,12H2,(H2,19,25,26)/b20-11-. The van der Waals surface area contributed by atoms with Crippen molar-refractivity contribution in [3.63, 3.8) is 0 Å². The zero-order chi connectivity index (χ0) is 19.4. The molecule has 0 radical (unpaired) electrons. The number of amides is 2. The Balaban J connectivity index is 1.46. The Morgan fingerprint density at radius 2 is 1.59 bits per heavy atom. The van der Waals surface area contributed by atoms with Gasteiger partial charge in [-0.25, -0.2) is 13.6 Å². The fourth-order valence-corrected chi connectivity index (χ4v) is 3.20. The number of unbranched alkanes of at least 4 members (excludes halogenated alkanes) is 1. The first-order chi connectivity index (χ1) is 12.9. The van der Waals surface area contributed by atoms with Crippen molar-refractivity contribution in [1.29, 1.82) is 0 Å². The van der Waals surface area contributed by atoms with Crippen LogP contribution in [0.1, 0.15) is 33.6 Å². The Labute approximate surface area is 156 Å². The van der Waals surface area contributed by atoms with E-state index in [0.29, 0.717) is 36.2 Å². The second-order valence-electron chi connectivity index (χ2n) is 5.94. The van der Waals surface area contributed by atoms with E-state index in [-0.39, 0.29) is 16.7 Å². The van der Waals surface area contributed by atoms with Gasteiger partial charge >= 0.3 is 0 Å². The number of hydrogen-bond acceptors (Lipinski definition) is 6. The number of nitrogens with one attached hydrogen (secondary N) is 1. The summed E-state index contributed by atoms with van der Waals surface area (Å²) in [4.78, 5) is 25.7. The molecule has 0 fully saturated rings. The van der Waals surface area contributed by atoms with E-state index in [2.05, 4.69) is 10.5 Å². The van der Waals surface area contributed by atoms with E-state index in [1.807, 2.05) is 0 Å². The molecule has 0 aliphatic carbocycles. The van der Waals surface area contributed by atoms with Crippen LogP contribution in [0.5, 0.6) is 0 Å². The smallest absolute Gasteiger partial charge is 0.261 e. The summed E-state index contributed by atoms with van der Waals surface area (Å²) in [6.07, 6.45) is 2.78. The van der Waals surface area contributed by atoms with Gasteiger partial charge in [-0.3, -0.25) is 19.9 Å². The maximum absolute atomic E-state index is 12.2. The molecular weight excluding hydrogens is 368 g/mol. The molecule has 1 aliphatic heterocycles. The van der Waals surface area contributed by atoms with Crippen LogP contribution in [0.15, 0.2) is 58.5 Å². The number of hydrazone groups is 1. The number of sulfonamides is 1. The van der Waals surface area contributed by atoms with E-state index in [1.165, 1.54) is 17.0 Å². The molecule has 140 valence electrons. The SMILES string of the molecule is NS(=O)(=O)c1ccc(N/N=C\CCCN2C(=O)c3ccccc3C2=O)cc1. The lowest BCUT2D eigenvalue weighted by Crippen LogP contribution is -2.30. The van der Waals surface area contributed by atoms with Gasteiger partial charge in [-0.15, -0.1) is 0 Å². The number of benzene rings is 2. The minimum atomic E-state index is -3.71. The van der Waals surface area contributed by atoms with Crippen LogP contribution in [0.25, 0.3) is 0 Å². The minimum Gasteiger partial charge on any atom is -0.279 e. The normalized spacial score (nSPS) is 14.0. The second kappa shape index (κ2) is 7.68. The highest BCUT2D eigenvalue weighted by atomic mass is 32.2. The van der Waals surface area contributed by atoms with Crippen LogP contribution in [0.3, 0.4) is 0 Å². The average molecular weight is 386 g/mol. The highest BCUT2D eigenvalue weighted by Gasteiger charge is 2.34. The summed E-state index contributed by atoms with van der Waals surface area (Å²) in [7, 11) is -3.71. The van der Waals surface area contributed by atoms with E-state index in [0.717, 1.165) is 0 Å². The third-order valence-electron chi connectivity index (χ3n) is 4.06. The van der Waals surface area contributed by atoms with Gasteiger partial charge in [0, 0.05) is 12.8 Å². The molecule has 2 amide bonds. The minimum absolute atomic E-state index is 0.0259. The fraction of sp³-hybridized carbons (Fsp3) is 0.167. The van der Waals surface area contributed by atoms with E-state index < -0.39 is 10.0 Å². The number of carbonyl (C=O) groups excluding carboxylic acids is 2. The van der Waals surface area contributed by atoms with Crippen molar-refractivity contribution in [3.05, 3.63) is 59.7 Å². The van der Waals surface area contributed by atoms with E-state index in [4.69, 9.17) is 5.14 Å². The molecule has 27 heavy (non-hydrogen) atoms. The molecule has 1 aliphatic rings. The number of fused-ring (bicyclic) bond motifs is 1. The molecule has 8 nitrogen and oxygen atoms in total. The molecule has 9 heteroatoms. The number of carbonyl (C=O) groups is 2. The Morgan fingerprint density at radius 3 is 2.15 bits per heavy atom. The van der Waals surface area contributed by atoms with Crippen molar-refractivity contribution in [3.8, 4) is 0 Å². The van der Waals surface area contributed by atoms with Gasteiger partial charge < -0.3 is 0 Å². The van der Waals surface area contributed by atoms with Gasteiger partial charge in [0.2, 0.25) is 10.0 Å². The second-order valence-corrected chi connectivity index (χ2v) is 7.50. The van der Waals surface area contributed by atoms with Gasteiger partial charge in [-0.2, -0.15) is 5.10 Å². The van der Waals surface area contributed by atoms with Crippen LogP contribution in [-0.4, -0.2) is 37.9 Å². The first kappa shape index (κ1) is 18.7. The summed E-state index contributed by atoms with van der Waals surface area (Å²) in [6.45, 7) is 0.321. The fourth-order valence-electron chi connectivity index (χ4n) is 2.69. The summed E-state index contributed by atoms with van der Waals surface area (Å²) in [5, 5.41) is 9.06. The maximum atomic E-state index is 12.2. The number of nitrogens with zero attached hydrogens (tertiary/aromatic N) is 2. The predicted molar refractivity (Wildman–Crippen MR) is 101 cm³/mol. The van der Waals surface area contributed by atoms with Gasteiger partial charge in [0.25, 0.3) is 11.8 Å². The third kappa shape index (κ3) is 4.21. The summed E-state index contributed by atoms with van der Waals surface area (Å²) in [5.41, 5.74) is 4.27. The molecule has 0 spiro atoms. The molecule has 1 heterocycles. The van der Waals surface area contributed by atoms with Gasteiger partial charge in [0.1, 0.15) is 0 Å². The van der Waals surface area contributed by atoms with Crippen LogP contribution in [0, 0.1) is 0 Å². The molecule has 0 atom stereocenters. The highest BCUT2D eigenvalue weighted by Crippen LogP contribution is 2.22. The average Bonchev–Trinajstić information content (AvgIpc) is 2.89. The number of imide groups is 1. The van der Waals surface area contributed by atoms with E-state index >= 15 is 0 Å². The summed E-state index contributed by atoms with van der Waals surface area (Å²) >= 11 is 0. The first-order valence-electron chi connectivity index (χ1n) is 8.23. The molecule has 0 bridgehead atoms. The zero-order valence-electron chi connectivity index (χ0n) is 14.3. The Kier molecular flexibility index (Phi) is 5.33. The van der Waals surface area contributed by atoms with Gasteiger partial charge in [-0.1, -0.05) is 12.1 Å². The van der Waals surface area contributed by atoms with Crippen molar-refractivity contribution in [2.45, 2.75) is 17.7 Å². The number of hydrogen-bond donors (Lipinski definition) is 2. The van der Waals surface area contributed by atoms with E-state index in [1.54, 1.807) is 42.6 Å². The third-order valence-corrected chi connectivity index (χ3v) is 4.99. The molecule has 2 aromatic carbocycles. The monoisotopic (exact) mass is 386 g/mol. The molecule has 0 aromatic heterocycles. The maximum Gasteiger partial charge on any atom is 0.261 e. The number of anilines is 1.